The minimum atomic E-state index is -0.849. The molecule has 0 saturated heterocycles. The van der Waals surface area contributed by atoms with Gasteiger partial charge in [0.05, 0.1) is 6.42 Å². The van der Waals surface area contributed by atoms with Gasteiger partial charge in [-0.15, -0.1) is 0 Å². The Morgan fingerprint density at radius 3 is 2.71 bits per heavy atom. The first-order valence-electron chi connectivity index (χ1n) is 6.51. The number of carboxylic acid groups (broad SMARTS) is 1. The number of pyridine rings is 1. The van der Waals surface area contributed by atoms with E-state index in [2.05, 4.69) is 4.98 Å². The summed E-state index contributed by atoms with van der Waals surface area (Å²) in [5.41, 5.74) is 2.86. The molecule has 3 rings (SSSR count). The van der Waals surface area contributed by atoms with Crippen LogP contribution in [-0.2, 0) is 17.8 Å². The Morgan fingerprint density at radius 2 is 2.00 bits per heavy atom. The molecule has 2 heterocycles. The summed E-state index contributed by atoms with van der Waals surface area (Å²) >= 11 is 6.03. The molecule has 0 unspecified atom stereocenters. The van der Waals surface area contributed by atoms with Crippen molar-refractivity contribution in [1.82, 2.24) is 9.55 Å². The standard InChI is InChI=1S/C16H13ClN2O2/c17-13-1-2-15-14(8-13)12(7-16(20)21)10-19(15)9-11-3-5-18-6-4-11/h1-6,8,10H,7,9H2,(H,20,21). The maximum absolute atomic E-state index is 11.0. The van der Waals surface area contributed by atoms with E-state index in [0.717, 1.165) is 22.0 Å². The lowest BCUT2D eigenvalue weighted by molar-refractivity contribution is -0.136. The number of carbonyl (C=O) groups is 1. The Hall–Kier alpha value is -2.33. The number of hydrogen-bond acceptors (Lipinski definition) is 2. The summed E-state index contributed by atoms with van der Waals surface area (Å²) < 4.78 is 2.04. The van der Waals surface area contributed by atoms with Crippen molar-refractivity contribution in [3.8, 4) is 0 Å². The largest absolute Gasteiger partial charge is 0.481 e. The van der Waals surface area contributed by atoms with Crippen LogP contribution in [0.2, 0.25) is 5.02 Å². The van der Waals surface area contributed by atoms with E-state index >= 15 is 0 Å². The van der Waals surface area contributed by atoms with E-state index in [1.165, 1.54) is 0 Å². The van der Waals surface area contributed by atoms with Gasteiger partial charge in [0.15, 0.2) is 0 Å². The fourth-order valence-electron chi connectivity index (χ4n) is 2.46. The molecule has 0 saturated carbocycles. The fraction of sp³-hybridized carbons (Fsp3) is 0.125. The highest BCUT2D eigenvalue weighted by Crippen LogP contribution is 2.26. The molecule has 106 valence electrons. The monoisotopic (exact) mass is 300 g/mol. The molecular formula is C16H13ClN2O2. The third-order valence-electron chi connectivity index (χ3n) is 3.37. The molecule has 1 N–H and O–H groups in total. The maximum atomic E-state index is 11.0. The SMILES string of the molecule is O=C(O)Cc1cn(Cc2ccncc2)c2ccc(Cl)cc12. The summed E-state index contributed by atoms with van der Waals surface area (Å²) in [4.78, 5) is 15.0. The normalized spacial score (nSPS) is 10.9. The molecule has 0 radical (unpaired) electrons. The lowest BCUT2D eigenvalue weighted by Gasteiger charge is -2.05. The number of rotatable bonds is 4. The Kier molecular flexibility index (Phi) is 3.62. The van der Waals surface area contributed by atoms with Crippen molar-refractivity contribution < 1.29 is 9.90 Å². The smallest absolute Gasteiger partial charge is 0.307 e. The molecule has 0 bridgehead atoms. The third kappa shape index (κ3) is 2.90. The van der Waals surface area contributed by atoms with Crippen molar-refractivity contribution in [3.05, 3.63) is 65.1 Å². The predicted octanol–water partition coefficient (Wildman–Crippen LogP) is 3.37. The molecule has 0 fully saturated rings. The first-order chi connectivity index (χ1) is 10.1. The van der Waals surface area contributed by atoms with Gasteiger partial charge in [0.2, 0.25) is 0 Å². The van der Waals surface area contributed by atoms with Crippen LogP contribution in [0.25, 0.3) is 10.9 Å². The van der Waals surface area contributed by atoms with Crippen LogP contribution in [0.3, 0.4) is 0 Å². The first kappa shape index (κ1) is 13.6. The van der Waals surface area contributed by atoms with E-state index in [4.69, 9.17) is 16.7 Å². The van der Waals surface area contributed by atoms with Crippen molar-refractivity contribution >= 4 is 28.5 Å². The van der Waals surface area contributed by atoms with Crippen LogP contribution in [0.15, 0.2) is 48.9 Å². The number of aromatic nitrogens is 2. The molecule has 0 aliphatic heterocycles. The van der Waals surface area contributed by atoms with E-state index in [1.807, 2.05) is 41.1 Å². The topological polar surface area (TPSA) is 55.1 Å². The van der Waals surface area contributed by atoms with Crippen LogP contribution in [0.5, 0.6) is 0 Å². The van der Waals surface area contributed by atoms with Gasteiger partial charge in [0, 0.05) is 41.1 Å². The second kappa shape index (κ2) is 5.58. The molecule has 1 aromatic carbocycles. The first-order valence-corrected chi connectivity index (χ1v) is 6.89. The lowest BCUT2D eigenvalue weighted by Crippen LogP contribution is -2.00. The Bertz CT molecular complexity index is 797. The molecular weight excluding hydrogens is 288 g/mol. The van der Waals surface area contributed by atoms with Gasteiger partial charge in [-0.2, -0.15) is 0 Å². The van der Waals surface area contributed by atoms with Gasteiger partial charge in [-0.25, -0.2) is 0 Å². The molecule has 0 spiro atoms. The molecule has 0 aliphatic carbocycles. The minimum Gasteiger partial charge on any atom is -0.481 e. The summed E-state index contributed by atoms with van der Waals surface area (Å²) in [6.45, 7) is 0.667. The van der Waals surface area contributed by atoms with Crippen LogP contribution in [0, 0.1) is 0 Å². The van der Waals surface area contributed by atoms with E-state index in [0.29, 0.717) is 11.6 Å². The number of hydrogen-bond donors (Lipinski definition) is 1. The van der Waals surface area contributed by atoms with Gasteiger partial charge in [-0.3, -0.25) is 9.78 Å². The third-order valence-corrected chi connectivity index (χ3v) is 3.60. The Balaban J connectivity index is 2.08. The molecule has 4 nitrogen and oxygen atoms in total. The summed E-state index contributed by atoms with van der Waals surface area (Å²) in [6, 6.07) is 9.44. The van der Waals surface area contributed by atoms with Crippen LogP contribution < -0.4 is 0 Å². The molecule has 0 aliphatic rings. The molecule has 0 atom stereocenters. The van der Waals surface area contributed by atoms with E-state index in [-0.39, 0.29) is 6.42 Å². The van der Waals surface area contributed by atoms with Crippen molar-refractivity contribution in [2.24, 2.45) is 0 Å². The number of aliphatic carboxylic acids is 1. The quantitative estimate of drug-likeness (QED) is 0.804. The highest BCUT2D eigenvalue weighted by molar-refractivity contribution is 6.31. The van der Waals surface area contributed by atoms with Crippen molar-refractivity contribution in [1.29, 1.82) is 0 Å². The van der Waals surface area contributed by atoms with Gasteiger partial charge in [0.25, 0.3) is 0 Å². The second-order valence-corrected chi connectivity index (χ2v) is 5.31. The van der Waals surface area contributed by atoms with Crippen LogP contribution in [-0.4, -0.2) is 20.6 Å². The second-order valence-electron chi connectivity index (χ2n) is 4.87. The molecule has 3 aromatic rings. The van der Waals surface area contributed by atoms with Crippen molar-refractivity contribution in [2.75, 3.05) is 0 Å². The van der Waals surface area contributed by atoms with Crippen molar-refractivity contribution in [3.63, 3.8) is 0 Å². The number of benzene rings is 1. The van der Waals surface area contributed by atoms with Crippen LogP contribution in [0.4, 0.5) is 0 Å². The Labute approximate surface area is 126 Å². The van der Waals surface area contributed by atoms with E-state index < -0.39 is 5.97 Å². The summed E-state index contributed by atoms with van der Waals surface area (Å²) in [7, 11) is 0. The fourth-order valence-corrected chi connectivity index (χ4v) is 2.63. The number of halogens is 1. The number of nitrogens with zero attached hydrogens (tertiary/aromatic N) is 2. The maximum Gasteiger partial charge on any atom is 0.307 e. The molecule has 5 heteroatoms. The van der Waals surface area contributed by atoms with Crippen molar-refractivity contribution in [2.45, 2.75) is 13.0 Å². The van der Waals surface area contributed by atoms with Gasteiger partial charge in [0.1, 0.15) is 0 Å². The van der Waals surface area contributed by atoms with E-state index in [1.54, 1.807) is 12.4 Å². The summed E-state index contributed by atoms with van der Waals surface area (Å²) in [5, 5.41) is 10.5. The minimum absolute atomic E-state index is 0.0137. The van der Waals surface area contributed by atoms with Gasteiger partial charge < -0.3 is 9.67 Å². The number of fused-ring (bicyclic) bond motifs is 1. The van der Waals surface area contributed by atoms with E-state index in [9.17, 15) is 4.79 Å². The average molecular weight is 301 g/mol. The molecule has 2 aromatic heterocycles. The molecule has 21 heavy (non-hydrogen) atoms. The highest BCUT2D eigenvalue weighted by Gasteiger charge is 2.12. The zero-order chi connectivity index (χ0) is 14.8. The lowest BCUT2D eigenvalue weighted by atomic mass is 10.1. The van der Waals surface area contributed by atoms with Gasteiger partial charge >= 0.3 is 5.97 Å². The summed E-state index contributed by atoms with van der Waals surface area (Å²) in [6.07, 6.45) is 5.36. The van der Waals surface area contributed by atoms with Gasteiger partial charge in [-0.05, 0) is 41.5 Å². The summed E-state index contributed by atoms with van der Waals surface area (Å²) in [5.74, 6) is -0.849. The Morgan fingerprint density at radius 1 is 1.24 bits per heavy atom. The predicted molar refractivity (Wildman–Crippen MR) is 81.6 cm³/mol. The zero-order valence-corrected chi connectivity index (χ0v) is 11.9. The highest BCUT2D eigenvalue weighted by atomic mass is 35.5. The zero-order valence-electron chi connectivity index (χ0n) is 11.2. The number of carboxylic acids is 1. The molecule has 0 amide bonds. The average Bonchev–Trinajstić information content (AvgIpc) is 2.77. The van der Waals surface area contributed by atoms with Crippen LogP contribution in [0.1, 0.15) is 11.1 Å². The van der Waals surface area contributed by atoms with Crippen LogP contribution >= 0.6 is 11.6 Å². The van der Waals surface area contributed by atoms with Gasteiger partial charge in [-0.1, -0.05) is 11.6 Å².